The molecule has 0 bridgehead atoms. The molecule has 1 aliphatic rings. The van der Waals surface area contributed by atoms with Crippen molar-refractivity contribution < 1.29 is 9.31 Å². The summed E-state index contributed by atoms with van der Waals surface area (Å²) in [6.07, 6.45) is 0. The van der Waals surface area contributed by atoms with Crippen LogP contribution in [0.5, 0.6) is 0 Å². The van der Waals surface area contributed by atoms with Crippen LogP contribution in [0, 0.1) is 0 Å². The zero-order chi connectivity index (χ0) is 9.26. The van der Waals surface area contributed by atoms with E-state index >= 15 is 0 Å². The molecule has 0 radical (unpaired) electrons. The highest BCUT2D eigenvalue weighted by atomic mass is 16.5. The monoisotopic (exact) mass is 174 g/mol. The fourth-order valence-electron chi connectivity index (χ4n) is 1.44. The van der Waals surface area contributed by atoms with Crippen molar-refractivity contribution in [3.05, 3.63) is 48.2 Å². The van der Waals surface area contributed by atoms with Gasteiger partial charge in [-0.25, -0.2) is 0 Å². The molecule has 1 aromatic rings. The van der Waals surface area contributed by atoms with Gasteiger partial charge in [-0.1, -0.05) is 24.8 Å². The summed E-state index contributed by atoms with van der Waals surface area (Å²) in [6.45, 7) is 4.58. The topological polar surface area (TPSA) is 12.2 Å². The van der Waals surface area contributed by atoms with E-state index in [2.05, 4.69) is 11.2 Å². The first kappa shape index (κ1) is 8.05. The minimum atomic E-state index is 0.782. The summed E-state index contributed by atoms with van der Waals surface area (Å²) < 4.78 is 7.56. The number of hydrogen-bond donors (Lipinski definition) is 0. The quantitative estimate of drug-likeness (QED) is 0.589. The highest BCUT2D eigenvalue weighted by Gasteiger charge is 2.25. The summed E-state index contributed by atoms with van der Waals surface area (Å²) >= 11 is 0. The highest BCUT2D eigenvalue weighted by molar-refractivity contribution is 5.91. The number of likely N-dealkylation sites (N-methyl/N-ethyl adjacent to an activating group) is 1. The Balaban J connectivity index is 2.38. The maximum atomic E-state index is 5.51. The van der Waals surface area contributed by atoms with E-state index in [0.29, 0.717) is 0 Å². The normalized spacial score (nSPS) is 16.2. The van der Waals surface area contributed by atoms with Gasteiger partial charge in [0.05, 0.1) is 5.56 Å². The third-order valence-electron chi connectivity index (χ3n) is 2.02. The van der Waals surface area contributed by atoms with E-state index in [1.54, 1.807) is 0 Å². The van der Waals surface area contributed by atoms with Crippen LogP contribution >= 0.6 is 0 Å². The van der Waals surface area contributed by atoms with Gasteiger partial charge in [0.2, 0.25) is 6.54 Å². The molecule has 0 N–H and O–H groups in total. The van der Waals surface area contributed by atoms with Crippen LogP contribution in [0.3, 0.4) is 0 Å². The first-order chi connectivity index (χ1) is 6.27. The van der Waals surface area contributed by atoms with Gasteiger partial charge >= 0.3 is 5.90 Å². The largest absolute Gasteiger partial charge is 0.403 e. The van der Waals surface area contributed by atoms with Crippen LogP contribution in [0.15, 0.2) is 42.7 Å². The van der Waals surface area contributed by atoms with E-state index in [0.717, 1.165) is 23.8 Å². The lowest BCUT2D eigenvalue weighted by Gasteiger charge is -1.95. The minimum absolute atomic E-state index is 0.782. The highest BCUT2D eigenvalue weighted by Crippen LogP contribution is 2.11. The Morgan fingerprint density at radius 3 is 2.54 bits per heavy atom. The Labute approximate surface area is 77.8 Å². The Morgan fingerprint density at radius 1 is 1.31 bits per heavy atom. The molecule has 0 atom stereocenters. The van der Waals surface area contributed by atoms with E-state index in [9.17, 15) is 0 Å². The van der Waals surface area contributed by atoms with Crippen LogP contribution in [0.1, 0.15) is 5.56 Å². The van der Waals surface area contributed by atoms with Crippen molar-refractivity contribution in [1.29, 1.82) is 0 Å². The zero-order valence-corrected chi connectivity index (χ0v) is 7.66. The molecule has 2 rings (SSSR count). The van der Waals surface area contributed by atoms with Crippen LogP contribution in [-0.2, 0) is 4.74 Å². The summed E-state index contributed by atoms with van der Waals surface area (Å²) in [7, 11) is 2.00. The Hall–Kier alpha value is -1.57. The number of hydrogen-bond acceptors (Lipinski definition) is 1. The lowest BCUT2D eigenvalue weighted by Crippen LogP contribution is -2.11. The molecular weight excluding hydrogens is 162 g/mol. The van der Waals surface area contributed by atoms with Gasteiger partial charge in [0.1, 0.15) is 7.05 Å². The fraction of sp³-hybridized carbons (Fsp3) is 0.182. The first-order valence-corrected chi connectivity index (χ1v) is 4.26. The van der Waals surface area contributed by atoms with Crippen molar-refractivity contribution in [3.63, 3.8) is 0 Å². The van der Waals surface area contributed by atoms with Gasteiger partial charge in [-0.2, -0.15) is 4.58 Å². The Bertz CT molecular complexity index is 365. The smallest absolute Gasteiger partial charge is 0.375 e. The van der Waals surface area contributed by atoms with Crippen molar-refractivity contribution in [2.75, 3.05) is 13.6 Å². The van der Waals surface area contributed by atoms with Gasteiger partial charge in [0.25, 0.3) is 0 Å². The van der Waals surface area contributed by atoms with Gasteiger partial charge in [0, 0.05) is 0 Å². The van der Waals surface area contributed by atoms with Gasteiger partial charge in [-0.15, -0.1) is 0 Å². The van der Waals surface area contributed by atoms with Gasteiger partial charge < -0.3 is 4.74 Å². The van der Waals surface area contributed by atoms with E-state index in [1.165, 1.54) is 0 Å². The van der Waals surface area contributed by atoms with Crippen LogP contribution in [0.4, 0.5) is 0 Å². The number of nitrogens with zero attached hydrogens (tertiary/aromatic N) is 1. The van der Waals surface area contributed by atoms with Gasteiger partial charge in [0.15, 0.2) is 5.76 Å². The Kier molecular flexibility index (Phi) is 1.89. The second-order valence-electron chi connectivity index (χ2n) is 3.17. The Morgan fingerprint density at radius 2 is 2.00 bits per heavy atom. The minimum Gasteiger partial charge on any atom is -0.403 e. The predicted octanol–water partition coefficient (Wildman–Crippen LogP) is 1.62. The van der Waals surface area contributed by atoms with E-state index < -0.39 is 0 Å². The molecule has 0 fully saturated rings. The average molecular weight is 174 g/mol. The number of ether oxygens (including phenoxy) is 1. The first-order valence-electron chi connectivity index (χ1n) is 4.26. The van der Waals surface area contributed by atoms with Crippen LogP contribution in [-0.4, -0.2) is 24.1 Å². The van der Waals surface area contributed by atoms with Crippen molar-refractivity contribution in [2.24, 2.45) is 0 Å². The molecule has 0 spiro atoms. The molecule has 2 heteroatoms. The average Bonchev–Trinajstić information content (AvgIpc) is 2.47. The van der Waals surface area contributed by atoms with E-state index in [1.807, 2.05) is 37.4 Å². The summed E-state index contributed by atoms with van der Waals surface area (Å²) in [5.41, 5.74) is 1.10. The lowest BCUT2D eigenvalue weighted by molar-refractivity contribution is -0.482. The number of benzene rings is 1. The third kappa shape index (κ3) is 1.47. The molecule has 0 saturated carbocycles. The van der Waals surface area contributed by atoms with Crippen LogP contribution < -0.4 is 0 Å². The van der Waals surface area contributed by atoms with Crippen LogP contribution in [0.25, 0.3) is 0 Å². The molecule has 0 aromatic heterocycles. The summed E-state index contributed by atoms with van der Waals surface area (Å²) in [5, 5.41) is 0. The predicted molar refractivity (Wildman–Crippen MR) is 51.8 cm³/mol. The molecule has 1 aromatic carbocycles. The summed E-state index contributed by atoms with van der Waals surface area (Å²) in [4.78, 5) is 0. The van der Waals surface area contributed by atoms with E-state index in [4.69, 9.17) is 4.74 Å². The molecule has 66 valence electrons. The summed E-state index contributed by atoms with van der Waals surface area (Å²) in [6, 6.07) is 10.1. The molecule has 13 heavy (non-hydrogen) atoms. The maximum absolute atomic E-state index is 5.51. The fourth-order valence-corrected chi connectivity index (χ4v) is 1.44. The molecule has 0 unspecified atom stereocenters. The molecule has 1 aliphatic heterocycles. The summed E-state index contributed by atoms with van der Waals surface area (Å²) in [5.74, 6) is 1.70. The maximum Gasteiger partial charge on any atom is 0.375 e. The molecular formula is C11H12NO+. The standard InChI is InChI=1S/C11H12NO/c1-9-8-12(2)11(13-9)10-6-4-3-5-7-10/h3-7H,1,8H2,2H3/q+1. The van der Waals surface area contributed by atoms with Gasteiger partial charge in [-0.05, 0) is 12.1 Å². The third-order valence-corrected chi connectivity index (χ3v) is 2.02. The molecule has 0 aliphatic carbocycles. The second-order valence-corrected chi connectivity index (χ2v) is 3.17. The number of rotatable bonds is 1. The van der Waals surface area contributed by atoms with Gasteiger partial charge in [-0.3, -0.25) is 0 Å². The van der Waals surface area contributed by atoms with Crippen molar-refractivity contribution in [3.8, 4) is 0 Å². The van der Waals surface area contributed by atoms with Crippen molar-refractivity contribution >= 4 is 5.90 Å². The van der Waals surface area contributed by atoms with E-state index in [-0.39, 0.29) is 0 Å². The SMILES string of the molecule is C=C1C[N+](C)=C(c2ccccc2)O1. The molecule has 0 amide bonds. The second kappa shape index (κ2) is 3.05. The zero-order valence-electron chi connectivity index (χ0n) is 7.66. The molecule has 0 saturated heterocycles. The van der Waals surface area contributed by atoms with Crippen molar-refractivity contribution in [1.82, 2.24) is 0 Å². The van der Waals surface area contributed by atoms with Crippen molar-refractivity contribution in [2.45, 2.75) is 0 Å². The van der Waals surface area contributed by atoms with Crippen LogP contribution in [0.2, 0.25) is 0 Å². The molecule has 1 heterocycles. The molecule has 2 nitrogen and oxygen atoms in total. The lowest BCUT2D eigenvalue weighted by atomic mass is 10.2.